The van der Waals surface area contributed by atoms with Crippen molar-refractivity contribution in [1.82, 2.24) is 0 Å². The average molecular weight is 336 g/mol. The number of carbonyl (C=O) groups is 1. The van der Waals surface area contributed by atoms with Gasteiger partial charge in [0.15, 0.2) is 5.76 Å². The Morgan fingerprint density at radius 2 is 1.72 bits per heavy atom. The van der Waals surface area contributed by atoms with Gasteiger partial charge in [0, 0.05) is 12.6 Å². The van der Waals surface area contributed by atoms with Gasteiger partial charge >= 0.3 is 0 Å². The predicted octanol–water partition coefficient (Wildman–Crippen LogP) is 4.08. The number of rotatable bonds is 6. The first-order valence-corrected chi connectivity index (χ1v) is 7.79. The lowest BCUT2D eigenvalue weighted by atomic mass is 10.1. The average Bonchev–Trinajstić information content (AvgIpc) is 3.17. The number of furan rings is 1. The van der Waals surface area contributed by atoms with E-state index in [0.29, 0.717) is 13.0 Å². The van der Waals surface area contributed by atoms with Crippen LogP contribution in [0.15, 0.2) is 77.4 Å². The lowest BCUT2D eigenvalue weighted by Crippen LogP contribution is -2.33. The highest BCUT2D eigenvalue weighted by molar-refractivity contribution is 6.05. The van der Waals surface area contributed by atoms with Gasteiger partial charge < -0.3 is 4.42 Å². The van der Waals surface area contributed by atoms with Gasteiger partial charge in [-0.2, -0.15) is 0 Å². The van der Waals surface area contributed by atoms with Gasteiger partial charge in [0.25, 0.3) is 11.6 Å². The van der Waals surface area contributed by atoms with Crippen LogP contribution < -0.4 is 4.90 Å². The molecule has 0 aliphatic carbocycles. The third-order valence-corrected chi connectivity index (χ3v) is 3.81. The predicted molar refractivity (Wildman–Crippen MR) is 93.6 cm³/mol. The van der Waals surface area contributed by atoms with Crippen molar-refractivity contribution in [3.8, 4) is 0 Å². The molecule has 126 valence electrons. The SMILES string of the molecule is O=C(c1ccco1)N(CCc1ccccc1)c1ccccc1[N+](=O)[O-]. The molecule has 0 aliphatic heterocycles. The Balaban J connectivity index is 1.94. The zero-order valence-electron chi connectivity index (χ0n) is 13.4. The molecule has 0 saturated carbocycles. The number of hydrogen-bond acceptors (Lipinski definition) is 4. The highest BCUT2D eigenvalue weighted by Crippen LogP contribution is 2.29. The summed E-state index contributed by atoms with van der Waals surface area (Å²) in [5.41, 5.74) is 1.18. The molecule has 1 heterocycles. The van der Waals surface area contributed by atoms with Gasteiger partial charge in [-0.25, -0.2) is 0 Å². The molecule has 6 heteroatoms. The lowest BCUT2D eigenvalue weighted by molar-refractivity contribution is -0.384. The van der Waals surface area contributed by atoms with Crippen molar-refractivity contribution in [3.05, 3.63) is 94.4 Å². The highest BCUT2D eigenvalue weighted by Gasteiger charge is 2.26. The van der Waals surface area contributed by atoms with Crippen molar-refractivity contribution in [2.24, 2.45) is 0 Å². The first-order chi connectivity index (χ1) is 12.2. The van der Waals surface area contributed by atoms with Gasteiger partial charge in [-0.3, -0.25) is 19.8 Å². The second-order valence-electron chi connectivity index (χ2n) is 5.42. The van der Waals surface area contributed by atoms with E-state index in [1.807, 2.05) is 30.3 Å². The van der Waals surface area contributed by atoms with Crippen LogP contribution in [0.25, 0.3) is 0 Å². The van der Waals surface area contributed by atoms with Crippen molar-refractivity contribution in [2.45, 2.75) is 6.42 Å². The number of hydrogen-bond donors (Lipinski definition) is 0. The van der Waals surface area contributed by atoms with Gasteiger partial charge in [0.05, 0.1) is 11.2 Å². The number of anilines is 1. The molecule has 1 aromatic heterocycles. The van der Waals surface area contributed by atoms with Crippen LogP contribution in [-0.2, 0) is 6.42 Å². The Hall–Kier alpha value is -3.41. The summed E-state index contributed by atoms with van der Waals surface area (Å²) in [4.78, 5) is 25.1. The van der Waals surface area contributed by atoms with E-state index in [0.717, 1.165) is 5.56 Å². The Morgan fingerprint density at radius 1 is 1.00 bits per heavy atom. The maximum Gasteiger partial charge on any atom is 0.294 e. The molecule has 1 amide bonds. The number of amides is 1. The van der Waals surface area contributed by atoms with E-state index < -0.39 is 10.8 Å². The summed E-state index contributed by atoms with van der Waals surface area (Å²) in [5, 5.41) is 11.4. The molecule has 0 spiro atoms. The van der Waals surface area contributed by atoms with Gasteiger partial charge in [-0.05, 0) is 30.2 Å². The third-order valence-electron chi connectivity index (χ3n) is 3.81. The number of nitro benzene ring substituents is 1. The van der Waals surface area contributed by atoms with Crippen molar-refractivity contribution < 1.29 is 14.1 Å². The second kappa shape index (κ2) is 7.44. The molecule has 0 bridgehead atoms. The molecule has 3 aromatic rings. The zero-order chi connectivity index (χ0) is 17.6. The lowest BCUT2D eigenvalue weighted by Gasteiger charge is -2.21. The van der Waals surface area contributed by atoms with Crippen LogP contribution in [0.5, 0.6) is 0 Å². The Morgan fingerprint density at radius 3 is 2.40 bits per heavy atom. The minimum Gasteiger partial charge on any atom is -0.459 e. The third kappa shape index (κ3) is 3.74. The van der Waals surface area contributed by atoms with Gasteiger partial charge in [-0.1, -0.05) is 42.5 Å². The van der Waals surface area contributed by atoms with Gasteiger partial charge in [-0.15, -0.1) is 0 Å². The number of nitro groups is 1. The minimum absolute atomic E-state index is 0.115. The molecule has 6 nitrogen and oxygen atoms in total. The van der Waals surface area contributed by atoms with E-state index in [-0.39, 0.29) is 17.1 Å². The molecule has 3 rings (SSSR count). The summed E-state index contributed by atoms with van der Waals surface area (Å²) in [7, 11) is 0. The molecule has 0 N–H and O–H groups in total. The quantitative estimate of drug-likeness (QED) is 0.502. The molecule has 0 unspecified atom stereocenters. The fourth-order valence-electron chi connectivity index (χ4n) is 2.60. The molecule has 0 radical (unpaired) electrons. The van der Waals surface area contributed by atoms with E-state index in [1.54, 1.807) is 30.3 Å². The number of para-hydroxylation sites is 2. The first-order valence-electron chi connectivity index (χ1n) is 7.79. The summed E-state index contributed by atoms with van der Waals surface area (Å²) in [6.45, 7) is 0.300. The second-order valence-corrected chi connectivity index (χ2v) is 5.42. The van der Waals surface area contributed by atoms with Gasteiger partial charge in [0.2, 0.25) is 0 Å². The largest absolute Gasteiger partial charge is 0.459 e. The molecular formula is C19H16N2O4. The number of benzene rings is 2. The number of nitrogens with zero attached hydrogens (tertiary/aromatic N) is 2. The summed E-state index contributed by atoms with van der Waals surface area (Å²) >= 11 is 0. The van der Waals surface area contributed by atoms with Gasteiger partial charge in [0.1, 0.15) is 5.69 Å². The summed E-state index contributed by atoms with van der Waals surface area (Å²) < 4.78 is 5.19. The molecule has 0 saturated heterocycles. The van der Waals surface area contributed by atoms with Crippen molar-refractivity contribution in [2.75, 3.05) is 11.4 Å². The molecule has 0 aliphatic rings. The fraction of sp³-hybridized carbons (Fsp3) is 0.105. The zero-order valence-corrected chi connectivity index (χ0v) is 13.4. The van der Waals surface area contributed by atoms with E-state index in [9.17, 15) is 14.9 Å². The maximum absolute atomic E-state index is 12.8. The van der Waals surface area contributed by atoms with E-state index in [4.69, 9.17) is 4.42 Å². The standard InChI is InChI=1S/C19H16N2O4/c22-19(18-11-6-14-25-18)20(13-12-15-7-2-1-3-8-15)16-9-4-5-10-17(16)21(23)24/h1-11,14H,12-13H2. The highest BCUT2D eigenvalue weighted by atomic mass is 16.6. The monoisotopic (exact) mass is 336 g/mol. The smallest absolute Gasteiger partial charge is 0.294 e. The Kier molecular flexibility index (Phi) is 4.89. The summed E-state index contributed by atoms with van der Waals surface area (Å²) in [6, 6.07) is 19.0. The van der Waals surface area contributed by atoms with Crippen molar-refractivity contribution >= 4 is 17.3 Å². The molecule has 0 atom stereocenters. The van der Waals surface area contributed by atoms with E-state index in [1.165, 1.54) is 17.2 Å². The van der Waals surface area contributed by atoms with Crippen molar-refractivity contribution in [3.63, 3.8) is 0 Å². The Labute approximate surface area is 144 Å². The number of carbonyl (C=O) groups excluding carboxylic acids is 1. The topological polar surface area (TPSA) is 76.6 Å². The van der Waals surface area contributed by atoms with Crippen molar-refractivity contribution in [1.29, 1.82) is 0 Å². The summed E-state index contributed by atoms with van der Waals surface area (Å²) in [6.07, 6.45) is 1.97. The fourth-order valence-corrected chi connectivity index (χ4v) is 2.60. The van der Waals surface area contributed by atoms with E-state index >= 15 is 0 Å². The van der Waals surface area contributed by atoms with E-state index in [2.05, 4.69) is 0 Å². The van der Waals surface area contributed by atoms with Crippen LogP contribution in [-0.4, -0.2) is 17.4 Å². The molecule has 0 fully saturated rings. The van der Waals surface area contributed by atoms with Crippen LogP contribution in [0.4, 0.5) is 11.4 Å². The minimum atomic E-state index is -0.486. The molecule has 2 aromatic carbocycles. The summed E-state index contributed by atoms with van der Waals surface area (Å²) in [5.74, 6) is -0.263. The normalized spacial score (nSPS) is 10.4. The molecular weight excluding hydrogens is 320 g/mol. The first kappa shape index (κ1) is 16.4. The Bertz CT molecular complexity index is 860. The van der Waals surface area contributed by atoms with Crippen LogP contribution in [0.1, 0.15) is 16.1 Å². The maximum atomic E-state index is 12.8. The van der Waals surface area contributed by atoms with Crippen LogP contribution in [0, 0.1) is 10.1 Å². The molecule has 25 heavy (non-hydrogen) atoms. The van der Waals surface area contributed by atoms with Crippen LogP contribution >= 0.6 is 0 Å². The van der Waals surface area contributed by atoms with Crippen LogP contribution in [0.3, 0.4) is 0 Å². The van der Waals surface area contributed by atoms with Crippen LogP contribution in [0.2, 0.25) is 0 Å².